The van der Waals surface area contributed by atoms with Gasteiger partial charge < -0.3 is 14.6 Å². The lowest BCUT2D eigenvalue weighted by atomic mass is 9.97. The van der Waals surface area contributed by atoms with Crippen LogP contribution in [-0.2, 0) is 22.7 Å². The molecule has 1 aliphatic rings. The lowest BCUT2D eigenvalue weighted by molar-refractivity contribution is -0.139. The molecule has 3 rings (SSSR count). The lowest BCUT2D eigenvalue weighted by Gasteiger charge is -2.29. The van der Waals surface area contributed by atoms with Gasteiger partial charge in [-0.15, -0.1) is 0 Å². The van der Waals surface area contributed by atoms with Crippen LogP contribution in [0.25, 0.3) is 0 Å². The van der Waals surface area contributed by atoms with Gasteiger partial charge in [-0.3, -0.25) is 9.59 Å². The zero-order valence-corrected chi connectivity index (χ0v) is 12.9. The lowest BCUT2D eigenvalue weighted by Crippen LogP contribution is -2.44. The Morgan fingerprint density at radius 1 is 1.17 bits per heavy atom. The highest BCUT2D eigenvalue weighted by atomic mass is 16.3. The maximum Gasteiger partial charge on any atom is 0.228 e. The molecule has 0 saturated carbocycles. The molecule has 5 heteroatoms. The Balaban J connectivity index is 1.73. The summed E-state index contributed by atoms with van der Waals surface area (Å²) < 4.78 is 5.39. The number of carbonyl (C=O) groups is 2. The molecule has 1 saturated heterocycles. The standard InChI is InChI=1S/C18H20N2O3/c21-17-9-8-15(11-19-17)18(22)20(13-16-7-4-10-23-16)12-14-5-2-1-3-6-14/h1-7,10,15H,8-9,11-13H2,(H,19,21)/t15-/m1/s1. The van der Waals surface area contributed by atoms with E-state index < -0.39 is 0 Å². The van der Waals surface area contributed by atoms with E-state index in [4.69, 9.17) is 4.42 Å². The molecule has 0 aliphatic carbocycles. The molecular formula is C18H20N2O3. The number of hydrogen-bond acceptors (Lipinski definition) is 3. The summed E-state index contributed by atoms with van der Waals surface area (Å²) in [6, 6.07) is 13.6. The Hall–Kier alpha value is -2.56. The van der Waals surface area contributed by atoms with Crippen LogP contribution in [-0.4, -0.2) is 23.3 Å². The Kier molecular flexibility index (Phi) is 4.76. The van der Waals surface area contributed by atoms with Gasteiger partial charge in [0, 0.05) is 19.5 Å². The first-order valence-corrected chi connectivity index (χ1v) is 7.84. The SMILES string of the molecule is O=C1CC[C@@H](C(=O)N(Cc2ccccc2)Cc2ccco2)CN1. The number of carbonyl (C=O) groups excluding carboxylic acids is 2. The number of furan rings is 1. The van der Waals surface area contributed by atoms with Crippen LogP contribution in [0.4, 0.5) is 0 Å². The van der Waals surface area contributed by atoms with E-state index in [-0.39, 0.29) is 17.7 Å². The number of piperidine rings is 1. The molecular weight excluding hydrogens is 292 g/mol. The third-order valence-electron chi connectivity index (χ3n) is 4.07. The normalized spacial score (nSPS) is 17.6. The number of rotatable bonds is 5. The average Bonchev–Trinajstić information content (AvgIpc) is 3.08. The molecule has 1 aromatic carbocycles. The number of hydrogen-bond donors (Lipinski definition) is 1. The molecule has 2 heterocycles. The van der Waals surface area contributed by atoms with Crippen molar-refractivity contribution in [2.24, 2.45) is 5.92 Å². The molecule has 0 bridgehead atoms. The van der Waals surface area contributed by atoms with Crippen LogP contribution >= 0.6 is 0 Å². The summed E-state index contributed by atoms with van der Waals surface area (Å²) >= 11 is 0. The summed E-state index contributed by atoms with van der Waals surface area (Å²) in [5, 5.41) is 2.78. The molecule has 1 aromatic heterocycles. The third kappa shape index (κ3) is 4.00. The molecule has 0 radical (unpaired) electrons. The molecule has 1 atom stereocenters. The van der Waals surface area contributed by atoms with Gasteiger partial charge in [-0.25, -0.2) is 0 Å². The molecule has 1 aliphatic heterocycles. The van der Waals surface area contributed by atoms with E-state index in [1.54, 1.807) is 11.2 Å². The summed E-state index contributed by atoms with van der Waals surface area (Å²) in [5.41, 5.74) is 1.08. The maximum atomic E-state index is 12.9. The van der Waals surface area contributed by atoms with Gasteiger partial charge in [0.05, 0.1) is 18.7 Å². The Morgan fingerprint density at radius 2 is 2.00 bits per heavy atom. The Morgan fingerprint density at radius 3 is 2.65 bits per heavy atom. The molecule has 5 nitrogen and oxygen atoms in total. The summed E-state index contributed by atoms with van der Waals surface area (Å²) in [6.07, 6.45) is 2.63. The predicted molar refractivity (Wildman–Crippen MR) is 85.1 cm³/mol. The molecule has 23 heavy (non-hydrogen) atoms. The molecule has 120 valence electrons. The molecule has 0 unspecified atom stereocenters. The zero-order valence-electron chi connectivity index (χ0n) is 12.9. The molecule has 0 spiro atoms. The molecule has 1 N–H and O–H groups in total. The Labute approximate surface area is 135 Å². The van der Waals surface area contributed by atoms with Crippen molar-refractivity contribution in [2.45, 2.75) is 25.9 Å². The van der Waals surface area contributed by atoms with Crippen LogP contribution in [0.1, 0.15) is 24.2 Å². The van der Waals surface area contributed by atoms with E-state index in [0.717, 1.165) is 11.3 Å². The van der Waals surface area contributed by atoms with Gasteiger partial charge in [-0.1, -0.05) is 30.3 Å². The fraction of sp³-hybridized carbons (Fsp3) is 0.333. The van der Waals surface area contributed by atoms with Crippen molar-refractivity contribution in [1.29, 1.82) is 0 Å². The van der Waals surface area contributed by atoms with Gasteiger partial charge in [0.15, 0.2) is 0 Å². The van der Waals surface area contributed by atoms with Crippen LogP contribution in [0.2, 0.25) is 0 Å². The summed E-state index contributed by atoms with van der Waals surface area (Å²) in [7, 11) is 0. The quantitative estimate of drug-likeness (QED) is 0.921. The highest BCUT2D eigenvalue weighted by molar-refractivity contribution is 5.83. The van der Waals surface area contributed by atoms with Crippen molar-refractivity contribution in [3.8, 4) is 0 Å². The zero-order chi connectivity index (χ0) is 16.1. The maximum absolute atomic E-state index is 12.9. The van der Waals surface area contributed by atoms with Gasteiger partial charge in [-0.05, 0) is 24.1 Å². The third-order valence-corrected chi connectivity index (χ3v) is 4.07. The van der Waals surface area contributed by atoms with Gasteiger partial charge in [-0.2, -0.15) is 0 Å². The van der Waals surface area contributed by atoms with E-state index in [0.29, 0.717) is 32.5 Å². The number of amides is 2. The smallest absolute Gasteiger partial charge is 0.228 e. The second kappa shape index (κ2) is 7.13. The van der Waals surface area contributed by atoms with Crippen LogP contribution < -0.4 is 5.32 Å². The topological polar surface area (TPSA) is 62.6 Å². The summed E-state index contributed by atoms with van der Waals surface area (Å²) in [5.74, 6) is 0.681. The Bertz CT molecular complexity index is 642. The predicted octanol–water partition coefficient (Wildman–Crippen LogP) is 2.33. The van der Waals surface area contributed by atoms with Crippen molar-refractivity contribution in [3.63, 3.8) is 0 Å². The van der Waals surface area contributed by atoms with Gasteiger partial charge in [0.1, 0.15) is 5.76 Å². The minimum atomic E-state index is -0.161. The van der Waals surface area contributed by atoms with Crippen LogP contribution in [0, 0.1) is 5.92 Å². The first-order chi connectivity index (χ1) is 11.2. The minimum Gasteiger partial charge on any atom is -0.467 e. The largest absolute Gasteiger partial charge is 0.467 e. The highest BCUT2D eigenvalue weighted by Gasteiger charge is 2.28. The second-order valence-electron chi connectivity index (χ2n) is 5.80. The van der Waals surface area contributed by atoms with E-state index >= 15 is 0 Å². The molecule has 1 fully saturated rings. The van der Waals surface area contributed by atoms with Gasteiger partial charge in [0.2, 0.25) is 11.8 Å². The van der Waals surface area contributed by atoms with E-state index in [1.165, 1.54) is 0 Å². The van der Waals surface area contributed by atoms with E-state index in [2.05, 4.69) is 5.32 Å². The monoisotopic (exact) mass is 312 g/mol. The first kappa shape index (κ1) is 15.3. The first-order valence-electron chi connectivity index (χ1n) is 7.84. The number of nitrogens with zero attached hydrogens (tertiary/aromatic N) is 1. The summed E-state index contributed by atoms with van der Waals surface area (Å²) in [4.78, 5) is 26.0. The van der Waals surface area contributed by atoms with E-state index in [1.807, 2.05) is 42.5 Å². The van der Waals surface area contributed by atoms with Crippen LogP contribution in [0.15, 0.2) is 53.1 Å². The molecule has 2 amide bonds. The number of nitrogens with one attached hydrogen (secondary N) is 1. The summed E-state index contributed by atoms with van der Waals surface area (Å²) in [6.45, 7) is 1.39. The fourth-order valence-corrected chi connectivity index (χ4v) is 2.81. The van der Waals surface area contributed by atoms with E-state index in [9.17, 15) is 9.59 Å². The molecule has 2 aromatic rings. The van der Waals surface area contributed by atoms with Crippen LogP contribution in [0.3, 0.4) is 0 Å². The number of benzene rings is 1. The van der Waals surface area contributed by atoms with Crippen molar-refractivity contribution in [3.05, 3.63) is 60.1 Å². The van der Waals surface area contributed by atoms with Crippen molar-refractivity contribution < 1.29 is 14.0 Å². The van der Waals surface area contributed by atoms with Crippen LogP contribution in [0.5, 0.6) is 0 Å². The van der Waals surface area contributed by atoms with Gasteiger partial charge in [0.25, 0.3) is 0 Å². The second-order valence-corrected chi connectivity index (χ2v) is 5.80. The van der Waals surface area contributed by atoms with Crippen molar-refractivity contribution in [1.82, 2.24) is 10.2 Å². The minimum absolute atomic E-state index is 0.0229. The van der Waals surface area contributed by atoms with Crippen molar-refractivity contribution in [2.75, 3.05) is 6.54 Å². The average molecular weight is 312 g/mol. The fourth-order valence-electron chi connectivity index (χ4n) is 2.81. The highest BCUT2D eigenvalue weighted by Crippen LogP contribution is 2.18. The van der Waals surface area contributed by atoms with Gasteiger partial charge >= 0.3 is 0 Å². The van der Waals surface area contributed by atoms with Crippen molar-refractivity contribution >= 4 is 11.8 Å².